The molecule has 1 aliphatic carbocycles. The summed E-state index contributed by atoms with van der Waals surface area (Å²) in [6.45, 7) is 9.44. The molecule has 7 heteroatoms. The van der Waals surface area contributed by atoms with E-state index in [9.17, 15) is 4.79 Å². The van der Waals surface area contributed by atoms with Gasteiger partial charge in [0.2, 0.25) is 0 Å². The zero-order valence-electron chi connectivity index (χ0n) is 12.9. The zero-order valence-corrected chi connectivity index (χ0v) is 13.8. The fourth-order valence-corrected chi connectivity index (χ4v) is 3.25. The lowest BCUT2D eigenvalue weighted by Crippen LogP contribution is -2.30. The molecule has 2 rings (SSSR count). The van der Waals surface area contributed by atoms with Gasteiger partial charge in [0.1, 0.15) is 5.82 Å². The first-order valence-corrected chi connectivity index (χ1v) is 8.57. The van der Waals surface area contributed by atoms with Crippen LogP contribution in [0.2, 0.25) is 0 Å². The molecule has 1 saturated carbocycles. The number of aromatic nitrogens is 3. The maximum absolute atomic E-state index is 10.8. The second kappa shape index (κ2) is 7.26. The van der Waals surface area contributed by atoms with Crippen molar-refractivity contribution in [2.24, 2.45) is 0 Å². The van der Waals surface area contributed by atoms with Gasteiger partial charge in [0.25, 0.3) is 0 Å². The number of carbonyl (C=O) groups is 1. The van der Waals surface area contributed by atoms with Gasteiger partial charge in [0.05, 0.1) is 5.75 Å². The summed E-state index contributed by atoms with van der Waals surface area (Å²) in [5.41, 5.74) is 0. The van der Waals surface area contributed by atoms with Crippen LogP contribution in [0.5, 0.6) is 0 Å². The van der Waals surface area contributed by atoms with E-state index >= 15 is 0 Å². The summed E-state index contributed by atoms with van der Waals surface area (Å²) in [4.78, 5) is 13.2. The van der Waals surface area contributed by atoms with Crippen molar-refractivity contribution >= 4 is 17.7 Å². The van der Waals surface area contributed by atoms with E-state index in [2.05, 4.69) is 40.4 Å². The Bertz CT molecular complexity index is 483. The lowest BCUT2D eigenvalue weighted by atomic mass is 10.2. The summed E-state index contributed by atoms with van der Waals surface area (Å²) >= 11 is 1.26. The number of hydrogen-bond donors (Lipinski definition) is 1. The molecule has 1 fully saturated rings. The second-order valence-electron chi connectivity index (χ2n) is 5.50. The lowest BCUT2D eigenvalue weighted by molar-refractivity contribution is -0.133. The topological polar surface area (TPSA) is 71.2 Å². The highest BCUT2D eigenvalue weighted by molar-refractivity contribution is 7.99. The summed E-state index contributed by atoms with van der Waals surface area (Å²) < 4.78 is 2.16. The average molecular weight is 312 g/mol. The van der Waals surface area contributed by atoms with Gasteiger partial charge in [-0.05, 0) is 32.9 Å². The van der Waals surface area contributed by atoms with Gasteiger partial charge in [-0.15, -0.1) is 10.2 Å². The van der Waals surface area contributed by atoms with Crippen molar-refractivity contribution < 1.29 is 9.90 Å². The highest BCUT2D eigenvalue weighted by atomic mass is 32.2. The number of nitrogens with zero attached hydrogens (tertiary/aromatic N) is 4. The van der Waals surface area contributed by atoms with Gasteiger partial charge in [-0.3, -0.25) is 4.79 Å². The molecule has 0 aliphatic heterocycles. The van der Waals surface area contributed by atoms with Crippen molar-refractivity contribution in [1.82, 2.24) is 19.7 Å². The third-order valence-electron chi connectivity index (χ3n) is 3.82. The normalized spacial score (nSPS) is 16.4. The first kappa shape index (κ1) is 16.3. The Morgan fingerprint density at radius 2 is 2.10 bits per heavy atom. The predicted octanol–water partition coefficient (Wildman–Crippen LogP) is 2.23. The van der Waals surface area contributed by atoms with E-state index in [0.717, 1.165) is 30.6 Å². The second-order valence-corrected chi connectivity index (χ2v) is 6.44. The first-order chi connectivity index (χ1) is 10.1. The van der Waals surface area contributed by atoms with Crippen molar-refractivity contribution in [2.45, 2.75) is 50.7 Å². The van der Waals surface area contributed by atoms with Crippen LogP contribution in [0.15, 0.2) is 5.16 Å². The van der Waals surface area contributed by atoms with Crippen LogP contribution in [0.4, 0.5) is 0 Å². The Labute approximate surface area is 129 Å². The smallest absolute Gasteiger partial charge is 0.313 e. The van der Waals surface area contributed by atoms with E-state index in [0.29, 0.717) is 5.92 Å². The van der Waals surface area contributed by atoms with Gasteiger partial charge in [0.15, 0.2) is 5.16 Å². The van der Waals surface area contributed by atoms with Gasteiger partial charge in [-0.1, -0.05) is 25.6 Å². The molecule has 1 aromatic heterocycles. The number of carboxylic acid groups (broad SMARTS) is 1. The van der Waals surface area contributed by atoms with Gasteiger partial charge in [0, 0.05) is 18.5 Å². The van der Waals surface area contributed by atoms with Crippen LogP contribution in [0, 0.1) is 0 Å². The lowest BCUT2D eigenvalue weighted by Gasteiger charge is -2.25. The molecule has 0 radical (unpaired) electrons. The maximum Gasteiger partial charge on any atom is 0.313 e. The molecular formula is C14H24N4O2S. The number of aliphatic carboxylic acids is 1. The van der Waals surface area contributed by atoms with E-state index in [4.69, 9.17) is 5.11 Å². The summed E-state index contributed by atoms with van der Waals surface area (Å²) in [6.07, 6.45) is 2.33. The number of hydrogen-bond acceptors (Lipinski definition) is 5. The molecule has 0 bridgehead atoms. The molecule has 1 N–H and O–H groups in total. The predicted molar refractivity (Wildman–Crippen MR) is 82.9 cm³/mol. The van der Waals surface area contributed by atoms with Gasteiger partial charge >= 0.3 is 5.97 Å². The van der Waals surface area contributed by atoms with Crippen LogP contribution in [0.3, 0.4) is 0 Å². The Kier molecular flexibility index (Phi) is 5.64. The quantitative estimate of drug-likeness (QED) is 0.705. The third-order valence-corrected chi connectivity index (χ3v) is 4.74. The SMILES string of the molecule is CCN(CC)CC(C)n1c(SCC(=O)O)nnc1C1CC1. The van der Waals surface area contributed by atoms with Crippen LogP contribution in [0.25, 0.3) is 0 Å². The molecule has 0 saturated heterocycles. The molecule has 0 amide bonds. The molecule has 21 heavy (non-hydrogen) atoms. The Morgan fingerprint density at radius 1 is 1.43 bits per heavy atom. The third kappa shape index (κ3) is 4.20. The minimum absolute atomic E-state index is 0.0286. The maximum atomic E-state index is 10.8. The molecule has 1 atom stereocenters. The van der Waals surface area contributed by atoms with Crippen molar-refractivity contribution in [3.8, 4) is 0 Å². The van der Waals surface area contributed by atoms with E-state index in [-0.39, 0.29) is 11.8 Å². The summed E-state index contributed by atoms with van der Waals surface area (Å²) in [7, 11) is 0. The number of rotatable bonds is 9. The van der Waals surface area contributed by atoms with Crippen LogP contribution in [0.1, 0.15) is 51.4 Å². The van der Waals surface area contributed by atoms with Crippen LogP contribution >= 0.6 is 11.8 Å². The molecule has 6 nitrogen and oxygen atoms in total. The van der Waals surface area contributed by atoms with Crippen molar-refractivity contribution in [2.75, 3.05) is 25.4 Å². The highest BCUT2D eigenvalue weighted by Crippen LogP contribution is 2.41. The van der Waals surface area contributed by atoms with Gasteiger partial charge in [-0.25, -0.2) is 0 Å². The first-order valence-electron chi connectivity index (χ1n) is 7.58. The van der Waals surface area contributed by atoms with Crippen molar-refractivity contribution in [1.29, 1.82) is 0 Å². The van der Waals surface area contributed by atoms with Crippen LogP contribution in [-0.2, 0) is 4.79 Å². The molecule has 0 aromatic carbocycles. The highest BCUT2D eigenvalue weighted by Gasteiger charge is 2.32. The molecular weight excluding hydrogens is 288 g/mol. The van der Waals surface area contributed by atoms with E-state index in [1.807, 2.05) is 0 Å². The average Bonchev–Trinajstić information content (AvgIpc) is 3.22. The molecule has 1 heterocycles. The van der Waals surface area contributed by atoms with Gasteiger partial charge < -0.3 is 14.6 Å². The zero-order chi connectivity index (χ0) is 15.4. The largest absolute Gasteiger partial charge is 0.481 e. The fourth-order valence-electron chi connectivity index (χ4n) is 2.48. The molecule has 1 aromatic rings. The molecule has 1 aliphatic rings. The Balaban J connectivity index is 2.16. The van der Waals surface area contributed by atoms with Crippen molar-refractivity contribution in [3.63, 3.8) is 0 Å². The summed E-state index contributed by atoms with van der Waals surface area (Å²) in [5, 5.41) is 18.1. The van der Waals surface area contributed by atoms with Crippen LogP contribution in [-0.4, -0.2) is 56.1 Å². The molecule has 0 spiro atoms. The minimum atomic E-state index is -0.820. The molecule has 1 unspecified atom stereocenters. The molecule has 118 valence electrons. The Hall–Kier alpha value is -1.08. The van der Waals surface area contributed by atoms with Crippen molar-refractivity contribution in [3.05, 3.63) is 5.82 Å². The fraction of sp³-hybridized carbons (Fsp3) is 0.786. The van der Waals surface area contributed by atoms with E-state index in [1.54, 1.807) is 0 Å². The van der Waals surface area contributed by atoms with Crippen LogP contribution < -0.4 is 0 Å². The number of likely N-dealkylation sites (N-methyl/N-ethyl adjacent to an activating group) is 1. The van der Waals surface area contributed by atoms with Gasteiger partial charge in [-0.2, -0.15) is 0 Å². The minimum Gasteiger partial charge on any atom is -0.481 e. The number of thioether (sulfide) groups is 1. The number of carboxylic acids is 1. The summed E-state index contributed by atoms with van der Waals surface area (Å²) in [5.74, 6) is 0.748. The monoisotopic (exact) mass is 312 g/mol. The van der Waals surface area contributed by atoms with E-state index < -0.39 is 5.97 Å². The standard InChI is InChI=1S/C14H24N4O2S/c1-4-17(5-2)8-10(3)18-13(11-6-7-11)15-16-14(18)21-9-12(19)20/h10-11H,4-9H2,1-3H3,(H,19,20). The van der Waals surface area contributed by atoms with E-state index in [1.165, 1.54) is 24.6 Å². The Morgan fingerprint density at radius 3 is 2.62 bits per heavy atom. The summed E-state index contributed by atoms with van der Waals surface area (Å²) in [6, 6.07) is 0.256.